The zero-order valence-corrected chi connectivity index (χ0v) is 32.3. The molecule has 4 aromatic heterocycles. The number of thiophene rings is 1. The standard InChI is InChI=1S/C55H30N2OS/c58-55-43-19-6-4-15-36(43)41-20-11-21-42-38-25-24-31(26-49(38)57(55)54(41)42)44-27-32(28-47-35-14-2-1-12-33(35)34-13-3-5-18-40(34)53(44)47)56-48-22-9-7-16-37(48)45-29-46-39-17-8-10-23-51(39)59-52(46)30-50(45)56/h1-30H. The topological polar surface area (TPSA) is 26.4 Å². The summed E-state index contributed by atoms with van der Waals surface area (Å²) in [6, 6.07) is 66.1. The highest BCUT2D eigenvalue weighted by atomic mass is 32.1. The fraction of sp³-hybridized carbons (Fsp3) is 0. The highest BCUT2D eigenvalue weighted by Crippen LogP contribution is 2.46. The highest BCUT2D eigenvalue weighted by molar-refractivity contribution is 7.25. The predicted octanol–water partition coefficient (Wildman–Crippen LogP) is 14.8. The number of rotatable bonds is 2. The summed E-state index contributed by atoms with van der Waals surface area (Å²) in [6.45, 7) is 0. The molecule has 272 valence electrons. The number of para-hydroxylation sites is 2. The van der Waals surface area contributed by atoms with Crippen molar-refractivity contribution >= 4 is 124 Å². The number of benzene rings is 10. The van der Waals surface area contributed by atoms with Gasteiger partial charge in [0.1, 0.15) is 0 Å². The van der Waals surface area contributed by atoms with Gasteiger partial charge in [-0.1, -0.05) is 133 Å². The zero-order valence-electron chi connectivity index (χ0n) is 31.5. The first-order chi connectivity index (χ1) is 29.2. The Morgan fingerprint density at radius 3 is 1.75 bits per heavy atom. The summed E-state index contributed by atoms with van der Waals surface area (Å²) in [4.78, 5) is 14.5. The summed E-state index contributed by atoms with van der Waals surface area (Å²) >= 11 is 1.86. The summed E-state index contributed by atoms with van der Waals surface area (Å²) < 4.78 is 7.03. The first-order valence-electron chi connectivity index (χ1n) is 20.1. The second kappa shape index (κ2) is 11.3. The number of hydrogen-bond donors (Lipinski definition) is 0. The minimum atomic E-state index is 0.0179. The summed E-state index contributed by atoms with van der Waals surface area (Å²) in [6.07, 6.45) is 0. The third-order valence-corrected chi connectivity index (χ3v) is 14.1. The molecule has 0 N–H and O–H groups in total. The highest BCUT2D eigenvalue weighted by Gasteiger charge is 2.22. The Morgan fingerprint density at radius 1 is 0.356 bits per heavy atom. The van der Waals surface area contributed by atoms with Gasteiger partial charge in [-0.25, -0.2) is 0 Å². The Morgan fingerprint density at radius 2 is 0.949 bits per heavy atom. The van der Waals surface area contributed by atoms with Crippen molar-refractivity contribution in [3.8, 4) is 16.8 Å². The van der Waals surface area contributed by atoms with Crippen LogP contribution in [-0.2, 0) is 0 Å². The van der Waals surface area contributed by atoms with Crippen molar-refractivity contribution in [2.75, 3.05) is 0 Å². The van der Waals surface area contributed by atoms with Crippen LogP contribution in [0.3, 0.4) is 0 Å². The lowest BCUT2D eigenvalue weighted by Crippen LogP contribution is -2.12. The molecule has 0 aliphatic heterocycles. The van der Waals surface area contributed by atoms with Gasteiger partial charge in [-0.15, -0.1) is 11.3 Å². The lowest BCUT2D eigenvalue weighted by atomic mass is 9.88. The summed E-state index contributed by atoms with van der Waals surface area (Å²) in [5, 5.41) is 17.4. The average Bonchev–Trinajstić information content (AvgIpc) is 3.94. The summed E-state index contributed by atoms with van der Waals surface area (Å²) in [7, 11) is 0. The van der Waals surface area contributed by atoms with Gasteiger partial charge in [0.25, 0.3) is 5.56 Å². The van der Waals surface area contributed by atoms with Crippen molar-refractivity contribution in [2.45, 2.75) is 0 Å². The third-order valence-electron chi connectivity index (χ3n) is 13.0. The van der Waals surface area contributed by atoms with Gasteiger partial charge in [-0.2, -0.15) is 0 Å². The normalized spacial score (nSPS) is 12.5. The van der Waals surface area contributed by atoms with Crippen molar-refractivity contribution < 1.29 is 0 Å². The molecule has 0 aliphatic rings. The molecule has 0 radical (unpaired) electrons. The zero-order chi connectivity index (χ0) is 38.5. The van der Waals surface area contributed by atoms with Gasteiger partial charge in [0.05, 0.1) is 22.1 Å². The van der Waals surface area contributed by atoms with Crippen molar-refractivity contribution in [3.63, 3.8) is 0 Å². The van der Waals surface area contributed by atoms with Gasteiger partial charge in [0, 0.05) is 58.2 Å². The molecule has 0 atom stereocenters. The number of aromatic nitrogens is 2. The number of pyridine rings is 1. The van der Waals surface area contributed by atoms with Crippen molar-refractivity contribution in [2.24, 2.45) is 0 Å². The quantitative estimate of drug-likeness (QED) is 0.161. The molecule has 10 aromatic carbocycles. The van der Waals surface area contributed by atoms with E-state index in [2.05, 4.69) is 168 Å². The van der Waals surface area contributed by atoms with Crippen LogP contribution in [0.25, 0.3) is 129 Å². The number of fused-ring (bicyclic) bond motifs is 17. The molecule has 4 heterocycles. The van der Waals surface area contributed by atoms with Gasteiger partial charge in [0.15, 0.2) is 0 Å². The summed E-state index contributed by atoms with van der Waals surface area (Å²) in [5.74, 6) is 0. The van der Waals surface area contributed by atoms with Gasteiger partial charge in [-0.3, -0.25) is 9.20 Å². The Hall–Kier alpha value is -7.53. The van der Waals surface area contributed by atoms with Crippen LogP contribution in [0.2, 0.25) is 0 Å². The van der Waals surface area contributed by atoms with E-state index in [-0.39, 0.29) is 5.56 Å². The van der Waals surface area contributed by atoms with Crippen molar-refractivity contribution in [3.05, 3.63) is 192 Å². The molecule has 0 fully saturated rings. The monoisotopic (exact) mass is 766 g/mol. The molecule has 14 aromatic rings. The van der Waals surface area contributed by atoms with Gasteiger partial charge in [-0.05, 0) is 97.4 Å². The Kier molecular flexibility index (Phi) is 6.05. The lowest BCUT2D eigenvalue weighted by molar-refractivity contribution is 1.19. The maximum atomic E-state index is 14.5. The number of hydrogen-bond acceptors (Lipinski definition) is 2. The van der Waals surface area contributed by atoms with E-state index in [1.165, 1.54) is 74.3 Å². The first-order valence-corrected chi connectivity index (χ1v) is 20.9. The Bertz CT molecular complexity index is 4220. The van der Waals surface area contributed by atoms with Crippen LogP contribution in [-0.4, -0.2) is 8.97 Å². The van der Waals surface area contributed by atoms with E-state index in [1.54, 1.807) is 0 Å². The van der Waals surface area contributed by atoms with Crippen LogP contribution in [0.5, 0.6) is 0 Å². The molecule has 14 rings (SSSR count). The molecular formula is C55H30N2OS. The second-order valence-corrected chi connectivity index (χ2v) is 17.0. The van der Waals surface area contributed by atoms with Gasteiger partial charge < -0.3 is 4.57 Å². The van der Waals surface area contributed by atoms with E-state index in [4.69, 9.17) is 0 Å². The van der Waals surface area contributed by atoms with Crippen LogP contribution in [0, 0.1) is 0 Å². The van der Waals surface area contributed by atoms with E-state index in [9.17, 15) is 4.79 Å². The Balaban J connectivity index is 1.15. The molecule has 59 heavy (non-hydrogen) atoms. The number of nitrogens with zero attached hydrogens (tertiary/aromatic N) is 2. The average molecular weight is 767 g/mol. The second-order valence-electron chi connectivity index (χ2n) is 15.9. The van der Waals surface area contributed by atoms with Crippen molar-refractivity contribution in [1.29, 1.82) is 0 Å². The smallest absolute Gasteiger partial charge is 0.263 e. The molecule has 3 nitrogen and oxygen atoms in total. The minimum absolute atomic E-state index is 0.0179. The van der Waals surface area contributed by atoms with E-state index >= 15 is 0 Å². The van der Waals surface area contributed by atoms with Crippen LogP contribution >= 0.6 is 11.3 Å². The molecule has 0 aliphatic carbocycles. The molecule has 0 bridgehead atoms. The molecule has 0 amide bonds. The Labute approximate surface area is 340 Å². The molecule has 0 saturated heterocycles. The van der Waals surface area contributed by atoms with Crippen LogP contribution in [0.15, 0.2) is 187 Å². The maximum Gasteiger partial charge on any atom is 0.263 e. The largest absolute Gasteiger partial charge is 0.309 e. The van der Waals surface area contributed by atoms with Crippen LogP contribution in [0.4, 0.5) is 0 Å². The van der Waals surface area contributed by atoms with Gasteiger partial charge in [0.2, 0.25) is 0 Å². The van der Waals surface area contributed by atoms with Crippen LogP contribution < -0.4 is 5.56 Å². The van der Waals surface area contributed by atoms with Crippen LogP contribution in [0.1, 0.15) is 0 Å². The lowest BCUT2D eigenvalue weighted by Gasteiger charge is -2.18. The van der Waals surface area contributed by atoms with Crippen molar-refractivity contribution in [1.82, 2.24) is 8.97 Å². The SMILES string of the molecule is O=c1c2ccccc2c2cccc3c4ccc(-c5cc(-n6c7ccccc7c7cc8c(cc76)sc6ccccc68)cc6c7ccccc7c7ccccc7c56)cc4n1c23. The fourth-order valence-electron chi connectivity index (χ4n) is 10.5. The predicted molar refractivity (Wildman–Crippen MR) is 253 cm³/mol. The minimum Gasteiger partial charge on any atom is -0.309 e. The van der Waals surface area contributed by atoms with E-state index < -0.39 is 0 Å². The first kappa shape index (κ1) is 31.5. The van der Waals surface area contributed by atoms with E-state index in [0.717, 1.165) is 54.8 Å². The molecular weight excluding hydrogens is 737 g/mol. The van der Waals surface area contributed by atoms with E-state index in [0.29, 0.717) is 0 Å². The molecule has 0 spiro atoms. The third kappa shape index (κ3) is 4.08. The molecule has 0 unspecified atom stereocenters. The molecule has 4 heteroatoms. The van der Waals surface area contributed by atoms with E-state index in [1.807, 2.05) is 33.9 Å². The molecule has 0 saturated carbocycles. The van der Waals surface area contributed by atoms with Gasteiger partial charge >= 0.3 is 0 Å². The summed E-state index contributed by atoms with van der Waals surface area (Å²) in [5.41, 5.74) is 7.61. The fourth-order valence-corrected chi connectivity index (χ4v) is 11.6. The maximum absolute atomic E-state index is 14.5.